The summed E-state index contributed by atoms with van der Waals surface area (Å²) in [5.74, 6) is 1.24. The Kier molecular flexibility index (Phi) is 3.56. The molecule has 1 fully saturated rings. The lowest BCUT2D eigenvalue weighted by molar-refractivity contribution is 0.0587. The van der Waals surface area contributed by atoms with Gasteiger partial charge in [0.05, 0.1) is 18.5 Å². The lowest BCUT2D eigenvalue weighted by Crippen LogP contribution is -2.48. The summed E-state index contributed by atoms with van der Waals surface area (Å²) in [6.07, 6.45) is 1.52. The monoisotopic (exact) mass is 275 g/mol. The minimum atomic E-state index is -0.0369. The Morgan fingerprint density at radius 1 is 1.35 bits per heavy atom. The van der Waals surface area contributed by atoms with Crippen molar-refractivity contribution in [3.8, 4) is 0 Å². The van der Waals surface area contributed by atoms with Gasteiger partial charge in [-0.25, -0.2) is 0 Å². The summed E-state index contributed by atoms with van der Waals surface area (Å²) >= 11 is 0. The van der Waals surface area contributed by atoms with Gasteiger partial charge in [-0.2, -0.15) is 0 Å². The van der Waals surface area contributed by atoms with Gasteiger partial charge in [0, 0.05) is 32.2 Å². The van der Waals surface area contributed by atoms with E-state index >= 15 is 0 Å². The van der Waals surface area contributed by atoms with Crippen LogP contribution in [0.25, 0.3) is 0 Å². The normalized spacial score (nSPS) is 16.6. The zero-order valence-electron chi connectivity index (χ0n) is 11.4. The third kappa shape index (κ3) is 2.75. The highest BCUT2D eigenvalue weighted by Gasteiger charge is 2.24. The quantitative estimate of drug-likeness (QED) is 0.850. The van der Waals surface area contributed by atoms with E-state index in [1.54, 1.807) is 12.1 Å². The minimum Gasteiger partial charge on any atom is -0.459 e. The lowest BCUT2D eigenvalue weighted by Gasteiger charge is -2.33. The number of carbonyl (C=O) groups excluding carboxylic acids is 1. The largest absolute Gasteiger partial charge is 0.459 e. The number of nitrogens with zero attached hydrogens (tertiary/aromatic N) is 3. The zero-order valence-corrected chi connectivity index (χ0v) is 11.4. The van der Waals surface area contributed by atoms with Crippen LogP contribution >= 0.6 is 0 Å². The number of aromatic nitrogens is 1. The molecular weight excluding hydrogens is 258 g/mol. The van der Waals surface area contributed by atoms with E-state index in [1.807, 2.05) is 17.9 Å². The van der Waals surface area contributed by atoms with Crippen molar-refractivity contribution in [1.29, 1.82) is 0 Å². The molecule has 0 aromatic carbocycles. The Morgan fingerprint density at radius 3 is 2.75 bits per heavy atom. The fourth-order valence-electron chi connectivity index (χ4n) is 2.38. The van der Waals surface area contributed by atoms with Crippen LogP contribution in [0, 0.1) is 6.92 Å². The predicted molar refractivity (Wildman–Crippen MR) is 71.1 cm³/mol. The third-order valence-electron chi connectivity index (χ3n) is 3.45. The van der Waals surface area contributed by atoms with Crippen molar-refractivity contribution in [2.75, 3.05) is 26.2 Å². The van der Waals surface area contributed by atoms with E-state index in [0.717, 1.165) is 31.1 Å². The van der Waals surface area contributed by atoms with E-state index < -0.39 is 0 Å². The van der Waals surface area contributed by atoms with E-state index in [4.69, 9.17) is 8.94 Å². The SMILES string of the molecule is Cc1cc(CN2CCN(C(=O)c3ccco3)CC2)on1. The molecule has 0 unspecified atom stereocenters. The van der Waals surface area contributed by atoms with Crippen LogP contribution in [0.4, 0.5) is 0 Å². The first-order valence-electron chi connectivity index (χ1n) is 6.70. The Bertz CT molecular complexity index is 568. The molecule has 0 saturated carbocycles. The molecule has 6 heteroatoms. The van der Waals surface area contributed by atoms with Crippen LogP contribution in [0.5, 0.6) is 0 Å². The Hall–Kier alpha value is -2.08. The summed E-state index contributed by atoms with van der Waals surface area (Å²) in [5, 5.41) is 3.88. The van der Waals surface area contributed by atoms with Gasteiger partial charge < -0.3 is 13.8 Å². The molecular formula is C14H17N3O3. The van der Waals surface area contributed by atoms with Gasteiger partial charge in [0.15, 0.2) is 11.5 Å². The average Bonchev–Trinajstić information content (AvgIpc) is 3.11. The maximum atomic E-state index is 12.1. The molecule has 1 saturated heterocycles. The van der Waals surface area contributed by atoms with Crippen LogP contribution in [-0.4, -0.2) is 47.0 Å². The summed E-state index contributed by atoms with van der Waals surface area (Å²) in [5.41, 5.74) is 0.895. The predicted octanol–water partition coefficient (Wildman–Crippen LogP) is 1.53. The van der Waals surface area contributed by atoms with Crippen LogP contribution < -0.4 is 0 Å². The number of amides is 1. The number of hydrogen-bond acceptors (Lipinski definition) is 5. The highest BCUT2D eigenvalue weighted by atomic mass is 16.5. The summed E-state index contributed by atoms with van der Waals surface area (Å²) in [6.45, 7) is 5.70. The van der Waals surface area contributed by atoms with Gasteiger partial charge in [-0.3, -0.25) is 9.69 Å². The van der Waals surface area contributed by atoms with Crippen LogP contribution in [0.1, 0.15) is 22.0 Å². The second-order valence-corrected chi connectivity index (χ2v) is 4.98. The van der Waals surface area contributed by atoms with E-state index in [2.05, 4.69) is 10.1 Å². The highest BCUT2D eigenvalue weighted by molar-refractivity contribution is 5.91. The summed E-state index contributed by atoms with van der Waals surface area (Å²) in [6, 6.07) is 5.38. The van der Waals surface area contributed by atoms with Crippen molar-refractivity contribution >= 4 is 5.91 Å². The van der Waals surface area contributed by atoms with E-state index in [9.17, 15) is 4.79 Å². The fourth-order valence-corrected chi connectivity index (χ4v) is 2.38. The van der Waals surface area contributed by atoms with Gasteiger partial charge in [-0.1, -0.05) is 5.16 Å². The number of furan rings is 1. The molecule has 0 atom stereocenters. The lowest BCUT2D eigenvalue weighted by atomic mass is 10.2. The first-order chi connectivity index (χ1) is 9.72. The van der Waals surface area contributed by atoms with Crippen LogP contribution in [0.15, 0.2) is 33.4 Å². The van der Waals surface area contributed by atoms with Gasteiger partial charge in [0.2, 0.25) is 0 Å². The summed E-state index contributed by atoms with van der Waals surface area (Å²) in [4.78, 5) is 16.2. The van der Waals surface area contributed by atoms with Crippen molar-refractivity contribution < 1.29 is 13.7 Å². The number of rotatable bonds is 3. The molecule has 3 rings (SSSR count). The van der Waals surface area contributed by atoms with Gasteiger partial charge in [0.25, 0.3) is 5.91 Å². The molecule has 3 heterocycles. The van der Waals surface area contributed by atoms with E-state index in [-0.39, 0.29) is 5.91 Å². The third-order valence-corrected chi connectivity index (χ3v) is 3.45. The molecule has 2 aromatic rings. The molecule has 6 nitrogen and oxygen atoms in total. The minimum absolute atomic E-state index is 0.0369. The molecule has 0 bridgehead atoms. The van der Waals surface area contributed by atoms with Crippen molar-refractivity contribution in [3.05, 3.63) is 41.7 Å². The van der Waals surface area contributed by atoms with Crippen LogP contribution in [0.3, 0.4) is 0 Å². The molecule has 20 heavy (non-hydrogen) atoms. The maximum absolute atomic E-state index is 12.1. The molecule has 1 aliphatic heterocycles. The summed E-state index contributed by atoms with van der Waals surface area (Å²) in [7, 11) is 0. The van der Waals surface area contributed by atoms with Crippen molar-refractivity contribution in [3.63, 3.8) is 0 Å². The zero-order chi connectivity index (χ0) is 13.9. The molecule has 1 amide bonds. The van der Waals surface area contributed by atoms with Gasteiger partial charge in [0.1, 0.15) is 0 Å². The highest BCUT2D eigenvalue weighted by Crippen LogP contribution is 2.12. The second-order valence-electron chi connectivity index (χ2n) is 4.98. The van der Waals surface area contributed by atoms with Gasteiger partial charge in [-0.05, 0) is 19.1 Å². The standard InChI is InChI=1S/C14H17N3O3/c1-11-9-12(20-15-11)10-16-4-6-17(7-5-16)14(18)13-3-2-8-19-13/h2-3,8-9H,4-7,10H2,1H3. The molecule has 0 spiro atoms. The average molecular weight is 275 g/mol. The van der Waals surface area contributed by atoms with E-state index in [1.165, 1.54) is 6.26 Å². The number of hydrogen-bond donors (Lipinski definition) is 0. The Morgan fingerprint density at radius 2 is 2.15 bits per heavy atom. The Balaban J connectivity index is 1.53. The van der Waals surface area contributed by atoms with Crippen LogP contribution in [0.2, 0.25) is 0 Å². The molecule has 106 valence electrons. The Labute approximate surface area is 116 Å². The summed E-state index contributed by atoms with van der Waals surface area (Å²) < 4.78 is 10.4. The molecule has 0 aliphatic carbocycles. The molecule has 0 radical (unpaired) electrons. The molecule has 1 aliphatic rings. The topological polar surface area (TPSA) is 62.7 Å². The van der Waals surface area contributed by atoms with Crippen molar-refractivity contribution in [1.82, 2.24) is 15.0 Å². The first kappa shape index (κ1) is 12.9. The number of carbonyl (C=O) groups is 1. The van der Waals surface area contributed by atoms with Gasteiger partial charge >= 0.3 is 0 Å². The number of aryl methyl sites for hydroxylation is 1. The smallest absolute Gasteiger partial charge is 0.289 e. The van der Waals surface area contributed by atoms with E-state index in [0.29, 0.717) is 18.8 Å². The van der Waals surface area contributed by atoms with Crippen molar-refractivity contribution in [2.24, 2.45) is 0 Å². The molecule has 0 N–H and O–H groups in total. The fraction of sp³-hybridized carbons (Fsp3) is 0.429. The second kappa shape index (κ2) is 5.50. The van der Waals surface area contributed by atoms with Gasteiger partial charge in [-0.15, -0.1) is 0 Å². The maximum Gasteiger partial charge on any atom is 0.289 e. The first-order valence-corrected chi connectivity index (χ1v) is 6.70. The number of piperazine rings is 1. The molecule has 2 aromatic heterocycles. The van der Waals surface area contributed by atoms with Crippen LogP contribution in [-0.2, 0) is 6.54 Å². The van der Waals surface area contributed by atoms with Crippen molar-refractivity contribution in [2.45, 2.75) is 13.5 Å².